The third kappa shape index (κ3) is 5.66. The zero-order chi connectivity index (χ0) is 32.8. The maximum atomic E-state index is 13.5. The highest BCUT2D eigenvalue weighted by Crippen LogP contribution is 2.38. The molecule has 13 heteroatoms. The summed E-state index contributed by atoms with van der Waals surface area (Å²) in [6.45, 7) is 5.27. The number of aromatic nitrogens is 4. The van der Waals surface area contributed by atoms with Gasteiger partial charge in [-0.25, -0.2) is 19.2 Å². The molecule has 47 heavy (non-hydrogen) atoms. The average molecular weight is 636 g/mol. The lowest BCUT2D eigenvalue weighted by Crippen LogP contribution is -2.60. The van der Waals surface area contributed by atoms with Crippen molar-refractivity contribution in [3.8, 4) is 11.1 Å². The summed E-state index contributed by atoms with van der Waals surface area (Å²) in [6, 6.07) is 12.3. The Balaban J connectivity index is 1.11. The zero-order valence-electron chi connectivity index (χ0n) is 26.4. The highest BCUT2D eigenvalue weighted by atomic mass is 16.2. The minimum Gasteiger partial charge on any atom is -0.382 e. The molecule has 0 bridgehead atoms. The van der Waals surface area contributed by atoms with Crippen LogP contribution in [0.3, 0.4) is 0 Å². The van der Waals surface area contributed by atoms with Crippen LogP contribution in [0, 0.1) is 11.8 Å². The topological polar surface area (TPSA) is 159 Å². The van der Waals surface area contributed by atoms with Crippen LogP contribution < -0.4 is 16.0 Å². The largest absolute Gasteiger partial charge is 0.382 e. The Labute approximate surface area is 271 Å². The highest BCUT2D eigenvalue weighted by Gasteiger charge is 2.48. The number of pyridine rings is 1. The Morgan fingerprint density at radius 3 is 2.43 bits per heavy atom. The number of carbonyl (C=O) groups is 4. The number of anilines is 3. The fraction of sp³-hybridized carbons (Fsp3) is 0.382. The Morgan fingerprint density at radius 1 is 1.02 bits per heavy atom. The number of nitrogen functional groups attached to an aromatic ring is 1. The first-order chi connectivity index (χ1) is 22.7. The van der Waals surface area contributed by atoms with E-state index in [2.05, 4.69) is 26.4 Å². The number of likely N-dealkylation sites (tertiary alicyclic amines) is 1. The Morgan fingerprint density at radius 2 is 1.77 bits per heavy atom. The number of nitrogens with one attached hydrogen (secondary N) is 1. The molecule has 3 aromatic heterocycles. The first-order valence-corrected chi connectivity index (χ1v) is 16.1. The lowest BCUT2D eigenvalue weighted by molar-refractivity contribution is -0.135. The normalized spacial score (nSPS) is 19.1. The molecule has 1 unspecified atom stereocenters. The van der Waals surface area contributed by atoms with Gasteiger partial charge in [0.25, 0.3) is 0 Å². The van der Waals surface area contributed by atoms with Gasteiger partial charge in [0.1, 0.15) is 17.8 Å². The molecule has 0 spiro atoms. The minimum atomic E-state index is -1.06. The van der Waals surface area contributed by atoms with E-state index >= 15 is 0 Å². The van der Waals surface area contributed by atoms with Crippen molar-refractivity contribution in [3.63, 3.8) is 0 Å². The van der Waals surface area contributed by atoms with Crippen LogP contribution in [0.25, 0.3) is 16.6 Å². The number of imide groups is 1. The number of hydrogen-bond donors (Lipinski definition) is 2. The van der Waals surface area contributed by atoms with Crippen LogP contribution in [-0.2, 0) is 14.4 Å². The van der Waals surface area contributed by atoms with Crippen molar-refractivity contribution in [3.05, 3.63) is 66.9 Å². The van der Waals surface area contributed by atoms with E-state index < -0.39 is 23.8 Å². The summed E-state index contributed by atoms with van der Waals surface area (Å²) < 4.78 is 1.85. The van der Waals surface area contributed by atoms with Crippen molar-refractivity contribution < 1.29 is 19.2 Å². The molecule has 3 aliphatic rings. The van der Waals surface area contributed by atoms with Crippen molar-refractivity contribution >= 4 is 46.5 Å². The molecular formula is C34H37N9O4. The first-order valence-electron chi connectivity index (χ1n) is 16.1. The number of nitrogens with zero attached hydrogens (tertiary/aromatic N) is 7. The number of amides is 5. The van der Waals surface area contributed by atoms with Crippen LogP contribution in [0.2, 0.25) is 0 Å². The standard InChI is InChI=1S/C34H37N9O4/c1-20(2)32(45)40-14-11-22(12-15-40)28-16-26(29-30(35)37-19-38-43(28)29)21-5-7-23(8-6-21)39-31(44)27-18-41(24-9-10-24)34(47)42(33(27)46)25-4-3-13-36-17-25/h3-8,13,16-17,19-20,22,24,27H,9-12,14-15,18H2,1-2H3,(H,39,44)(H2,35,37,38). The third-order valence-electron chi connectivity index (χ3n) is 9.34. The molecule has 3 fully saturated rings. The number of hydrogen-bond acceptors (Lipinski definition) is 8. The van der Waals surface area contributed by atoms with Gasteiger partial charge < -0.3 is 20.9 Å². The van der Waals surface area contributed by atoms with Crippen LogP contribution >= 0.6 is 0 Å². The summed E-state index contributed by atoms with van der Waals surface area (Å²) in [5.74, 6) is -1.42. The zero-order valence-corrected chi connectivity index (χ0v) is 26.4. The Bertz CT molecular complexity index is 1840. The molecule has 242 valence electrons. The van der Waals surface area contributed by atoms with Crippen molar-refractivity contribution in [1.82, 2.24) is 29.4 Å². The quantitative estimate of drug-likeness (QED) is 0.289. The smallest absolute Gasteiger partial charge is 0.331 e. The Hall–Kier alpha value is -5.33. The molecular weight excluding hydrogens is 598 g/mol. The van der Waals surface area contributed by atoms with E-state index in [0.717, 1.165) is 47.4 Å². The summed E-state index contributed by atoms with van der Waals surface area (Å²) in [5.41, 5.74) is 10.7. The first kappa shape index (κ1) is 30.3. The van der Waals surface area contributed by atoms with E-state index in [1.54, 1.807) is 35.4 Å². The SMILES string of the molecule is CC(C)C(=O)N1CCC(c2cc(-c3ccc(NC(=O)C4CN(C5CC5)C(=O)N(c5cccnc5)C4=O)cc3)c3c(N)ncnn23)CC1. The second-order valence-corrected chi connectivity index (χ2v) is 12.8. The number of nitrogens with two attached hydrogens (primary N) is 1. The lowest BCUT2D eigenvalue weighted by atomic mass is 9.92. The van der Waals surface area contributed by atoms with Crippen molar-refractivity contribution in [1.29, 1.82) is 0 Å². The van der Waals surface area contributed by atoms with Crippen molar-refractivity contribution in [2.75, 3.05) is 35.6 Å². The number of fused-ring (bicyclic) bond motifs is 1. The van der Waals surface area contributed by atoms with Gasteiger partial charge in [0.2, 0.25) is 17.7 Å². The molecule has 13 nitrogen and oxygen atoms in total. The second-order valence-electron chi connectivity index (χ2n) is 12.8. The fourth-order valence-electron chi connectivity index (χ4n) is 6.67. The van der Waals surface area contributed by atoms with E-state index in [0.29, 0.717) is 35.8 Å². The van der Waals surface area contributed by atoms with Gasteiger partial charge in [-0.2, -0.15) is 5.10 Å². The third-order valence-corrected chi connectivity index (χ3v) is 9.34. The van der Waals surface area contributed by atoms with Gasteiger partial charge >= 0.3 is 6.03 Å². The molecule has 5 amide bonds. The molecule has 1 saturated carbocycles. The lowest BCUT2D eigenvalue weighted by Gasteiger charge is -2.37. The van der Waals surface area contributed by atoms with E-state index in [-0.39, 0.29) is 30.3 Å². The maximum absolute atomic E-state index is 13.5. The fourth-order valence-corrected chi connectivity index (χ4v) is 6.67. The van der Waals surface area contributed by atoms with Gasteiger partial charge in [-0.15, -0.1) is 0 Å². The number of rotatable bonds is 7. The molecule has 3 N–H and O–H groups in total. The second kappa shape index (κ2) is 12.1. The summed E-state index contributed by atoms with van der Waals surface area (Å²) in [7, 11) is 0. The van der Waals surface area contributed by atoms with Gasteiger partial charge in [0, 0.05) is 60.7 Å². The minimum absolute atomic E-state index is 0.0259. The predicted octanol–water partition coefficient (Wildman–Crippen LogP) is 3.92. The summed E-state index contributed by atoms with van der Waals surface area (Å²) in [5, 5.41) is 7.43. The monoisotopic (exact) mass is 635 g/mol. The summed E-state index contributed by atoms with van der Waals surface area (Å²) >= 11 is 0. The van der Waals surface area contributed by atoms with Crippen LogP contribution in [0.5, 0.6) is 0 Å². The summed E-state index contributed by atoms with van der Waals surface area (Å²) in [6.07, 6.45) is 7.80. The van der Waals surface area contributed by atoms with E-state index in [4.69, 9.17) is 5.73 Å². The van der Waals surface area contributed by atoms with Gasteiger partial charge in [-0.3, -0.25) is 19.4 Å². The molecule has 7 rings (SSSR count). The Kier molecular flexibility index (Phi) is 7.82. The number of carbonyl (C=O) groups excluding carboxylic acids is 4. The van der Waals surface area contributed by atoms with Gasteiger partial charge in [-0.1, -0.05) is 26.0 Å². The number of urea groups is 1. The maximum Gasteiger partial charge on any atom is 0.331 e. The number of piperidine rings is 1. The molecule has 1 aromatic carbocycles. The van der Waals surface area contributed by atoms with E-state index in [1.165, 1.54) is 12.5 Å². The molecule has 2 aliphatic heterocycles. The highest BCUT2D eigenvalue weighted by molar-refractivity contribution is 6.23. The predicted molar refractivity (Wildman–Crippen MR) is 175 cm³/mol. The summed E-state index contributed by atoms with van der Waals surface area (Å²) in [4.78, 5) is 65.7. The number of benzene rings is 1. The van der Waals surface area contributed by atoms with Crippen molar-refractivity contribution in [2.45, 2.75) is 51.5 Å². The molecule has 4 aromatic rings. The van der Waals surface area contributed by atoms with Gasteiger partial charge in [0.05, 0.1) is 11.9 Å². The van der Waals surface area contributed by atoms with Gasteiger partial charge in [0.15, 0.2) is 5.82 Å². The van der Waals surface area contributed by atoms with Crippen LogP contribution in [0.15, 0.2) is 61.2 Å². The van der Waals surface area contributed by atoms with Crippen LogP contribution in [0.4, 0.5) is 22.0 Å². The molecule has 1 atom stereocenters. The average Bonchev–Trinajstić information content (AvgIpc) is 3.85. The van der Waals surface area contributed by atoms with E-state index in [9.17, 15) is 19.2 Å². The van der Waals surface area contributed by atoms with Crippen LogP contribution in [-0.4, -0.2) is 78.8 Å². The molecule has 0 radical (unpaired) electrons. The molecule has 5 heterocycles. The van der Waals surface area contributed by atoms with Crippen LogP contribution in [0.1, 0.15) is 51.1 Å². The van der Waals surface area contributed by atoms with E-state index in [1.807, 2.05) is 35.4 Å². The molecule has 2 saturated heterocycles. The van der Waals surface area contributed by atoms with Gasteiger partial charge in [-0.05, 0) is 61.6 Å². The van der Waals surface area contributed by atoms with Crippen molar-refractivity contribution in [2.24, 2.45) is 11.8 Å². The molecule has 1 aliphatic carbocycles.